The Morgan fingerprint density at radius 2 is 2.39 bits per heavy atom. The van der Waals surface area contributed by atoms with Gasteiger partial charge in [0.1, 0.15) is 0 Å². The van der Waals surface area contributed by atoms with Gasteiger partial charge in [0.2, 0.25) is 0 Å². The number of likely N-dealkylation sites (N-methyl/N-ethyl adjacent to an activating group) is 1. The summed E-state index contributed by atoms with van der Waals surface area (Å²) in [4.78, 5) is 2.48. The van der Waals surface area contributed by atoms with Crippen LogP contribution in [0.1, 0.15) is 24.9 Å². The van der Waals surface area contributed by atoms with Crippen LogP contribution < -0.4 is 5.32 Å². The molecule has 0 bridgehead atoms. The van der Waals surface area contributed by atoms with Crippen molar-refractivity contribution in [3.63, 3.8) is 0 Å². The highest BCUT2D eigenvalue weighted by molar-refractivity contribution is 7.99. The minimum absolute atomic E-state index is 0.399. The van der Waals surface area contributed by atoms with Gasteiger partial charge in [0.05, 0.1) is 12.2 Å². The van der Waals surface area contributed by atoms with Crippen LogP contribution in [0.4, 0.5) is 0 Å². The molecule has 2 rings (SSSR count). The highest BCUT2D eigenvalue weighted by Crippen LogP contribution is 2.26. The first-order chi connectivity index (χ1) is 8.72. The molecule has 1 aromatic heterocycles. The van der Waals surface area contributed by atoms with Gasteiger partial charge in [-0.3, -0.25) is 9.58 Å². The molecule has 0 aromatic carbocycles. The Hall–Kier alpha value is -0.520. The van der Waals surface area contributed by atoms with Gasteiger partial charge in [-0.15, -0.1) is 0 Å². The fourth-order valence-corrected chi connectivity index (χ4v) is 3.71. The highest BCUT2D eigenvalue weighted by atomic mass is 32.2. The lowest BCUT2D eigenvalue weighted by atomic mass is 10.0. The van der Waals surface area contributed by atoms with Crippen LogP contribution >= 0.6 is 11.8 Å². The molecule has 1 aromatic rings. The summed E-state index contributed by atoms with van der Waals surface area (Å²) in [7, 11) is 4.22. The van der Waals surface area contributed by atoms with Gasteiger partial charge in [-0.25, -0.2) is 0 Å². The molecule has 4 nitrogen and oxygen atoms in total. The van der Waals surface area contributed by atoms with E-state index in [0.29, 0.717) is 12.1 Å². The summed E-state index contributed by atoms with van der Waals surface area (Å²) in [5, 5.41) is 8.01. The summed E-state index contributed by atoms with van der Waals surface area (Å²) in [6, 6.07) is 0.968. The van der Waals surface area contributed by atoms with Crippen molar-refractivity contribution in [3.8, 4) is 0 Å². The Morgan fingerprint density at radius 1 is 1.56 bits per heavy atom. The predicted octanol–water partition coefficient (Wildman–Crippen LogP) is 1.51. The Morgan fingerprint density at radius 3 is 3.00 bits per heavy atom. The van der Waals surface area contributed by atoms with Gasteiger partial charge in [-0.05, 0) is 20.0 Å². The van der Waals surface area contributed by atoms with E-state index in [-0.39, 0.29) is 0 Å². The van der Waals surface area contributed by atoms with Crippen LogP contribution in [0.3, 0.4) is 0 Å². The first-order valence-electron chi connectivity index (χ1n) is 6.72. The highest BCUT2D eigenvalue weighted by Gasteiger charge is 2.29. The largest absolute Gasteiger partial charge is 0.309 e. The zero-order chi connectivity index (χ0) is 13.0. The normalized spacial score (nSPS) is 23.2. The van der Waals surface area contributed by atoms with Gasteiger partial charge in [0.25, 0.3) is 0 Å². The topological polar surface area (TPSA) is 33.1 Å². The lowest BCUT2D eigenvalue weighted by Gasteiger charge is -2.38. The van der Waals surface area contributed by atoms with Crippen molar-refractivity contribution in [1.29, 1.82) is 0 Å². The monoisotopic (exact) mass is 268 g/mol. The predicted molar refractivity (Wildman–Crippen MR) is 78.0 cm³/mol. The van der Waals surface area contributed by atoms with E-state index in [0.717, 1.165) is 6.54 Å². The van der Waals surface area contributed by atoms with E-state index in [1.54, 1.807) is 0 Å². The van der Waals surface area contributed by atoms with Gasteiger partial charge < -0.3 is 5.32 Å². The molecular weight excluding hydrogens is 244 g/mol. The van der Waals surface area contributed by atoms with Gasteiger partial charge in [0, 0.05) is 42.9 Å². The molecule has 5 heteroatoms. The van der Waals surface area contributed by atoms with Crippen molar-refractivity contribution in [1.82, 2.24) is 20.0 Å². The van der Waals surface area contributed by atoms with Crippen LogP contribution in [-0.2, 0) is 7.05 Å². The maximum Gasteiger partial charge on any atom is 0.0538 e. The summed E-state index contributed by atoms with van der Waals surface area (Å²) >= 11 is 2.06. The van der Waals surface area contributed by atoms with Crippen molar-refractivity contribution in [3.05, 3.63) is 18.0 Å². The van der Waals surface area contributed by atoms with Crippen molar-refractivity contribution in [2.75, 3.05) is 31.6 Å². The van der Waals surface area contributed by atoms with E-state index in [9.17, 15) is 0 Å². The lowest BCUT2D eigenvalue weighted by molar-refractivity contribution is 0.215. The van der Waals surface area contributed by atoms with E-state index in [1.165, 1.54) is 30.0 Å². The summed E-state index contributed by atoms with van der Waals surface area (Å²) in [5.41, 5.74) is 1.31. The number of nitrogens with zero attached hydrogens (tertiary/aromatic N) is 3. The van der Waals surface area contributed by atoms with Gasteiger partial charge in [-0.1, -0.05) is 6.92 Å². The van der Waals surface area contributed by atoms with Gasteiger partial charge >= 0.3 is 0 Å². The third kappa shape index (κ3) is 3.28. The first-order valence-corrected chi connectivity index (χ1v) is 7.87. The summed E-state index contributed by atoms with van der Waals surface area (Å²) in [6.45, 7) is 4.46. The Kier molecular flexibility index (Phi) is 5.09. The molecule has 0 amide bonds. The van der Waals surface area contributed by atoms with Crippen molar-refractivity contribution < 1.29 is 0 Å². The van der Waals surface area contributed by atoms with Crippen LogP contribution in [0.15, 0.2) is 12.4 Å². The van der Waals surface area contributed by atoms with Crippen LogP contribution in [0.5, 0.6) is 0 Å². The number of hydrogen-bond donors (Lipinski definition) is 1. The first kappa shape index (κ1) is 13.9. The third-order valence-corrected chi connectivity index (χ3v) is 4.57. The zero-order valence-electron chi connectivity index (χ0n) is 11.6. The Bertz CT molecular complexity index is 366. The molecule has 102 valence electrons. The smallest absolute Gasteiger partial charge is 0.0538 e. The number of hydrogen-bond acceptors (Lipinski definition) is 4. The third-order valence-electron chi connectivity index (χ3n) is 3.53. The second-order valence-corrected chi connectivity index (χ2v) is 6.15. The SMILES string of the molecule is CCCNC(c1cnn(C)c1)C1CSCCN1C. The number of thioether (sulfide) groups is 1. The molecule has 18 heavy (non-hydrogen) atoms. The van der Waals surface area contributed by atoms with Crippen molar-refractivity contribution in [2.45, 2.75) is 25.4 Å². The average Bonchev–Trinajstić information content (AvgIpc) is 2.78. The van der Waals surface area contributed by atoms with E-state index >= 15 is 0 Å². The van der Waals surface area contributed by atoms with Crippen molar-refractivity contribution >= 4 is 11.8 Å². The summed E-state index contributed by atoms with van der Waals surface area (Å²) in [6.07, 6.45) is 5.31. The second-order valence-electron chi connectivity index (χ2n) is 5.00. The standard InChI is InChI=1S/C13H24N4S/c1-4-5-14-13(11-8-15-17(3)9-11)12-10-18-7-6-16(12)2/h8-9,12-14H,4-7,10H2,1-3H3. The van der Waals surface area contributed by atoms with E-state index < -0.39 is 0 Å². The Labute approximate surface area is 114 Å². The van der Waals surface area contributed by atoms with E-state index in [4.69, 9.17) is 0 Å². The van der Waals surface area contributed by atoms with Crippen LogP contribution in [0, 0.1) is 0 Å². The molecule has 0 spiro atoms. The molecule has 1 saturated heterocycles. The van der Waals surface area contributed by atoms with Gasteiger partial charge in [0.15, 0.2) is 0 Å². The molecular formula is C13H24N4S. The van der Waals surface area contributed by atoms with Crippen LogP contribution in [0.2, 0.25) is 0 Å². The fraction of sp³-hybridized carbons (Fsp3) is 0.769. The quantitative estimate of drug-likeness (QED) is 0.877. The lowest BCUT2D eigenvalue weighted by Crippen LogP contribution is -2.47. The van der Waals surface area contributed by atoms with E-state index in [2.05, 4.69) is 47.2 Å². The molecule has 1 fully saturated rings. The molecule has 0 aliphatic carbocycles. The molecule has 2 unspecified atom stereocenters. The molecule has 1 aliphatic heterocycles. The average molecular weight is 268 g/mol. The van der Waals surface area contributed by atoms with E-state index in [1.807, 2.05) is 17.9 Å². The van der Waals surface area contributed by atoms with Gasteiger partial charge in [-0.2, -0.15) is 16.9 Å². The molecule has 2 atom stereocenters. The van der Waals surface area contributed by atoms with Crippen molar-refractivity contribution in [2.24, 2.45) is 7.05 Å². The zero-order valence-corrected chi connectivity index (χ0v) is 12.4. The molecule has 0 radical (unpaired) electrons. The summed E-state index contributed by atoms with van der Waals surface area (Å²) < 4.78 is 1.89. The second kappa shape index (κ2) is 6.59. The number of rotatable bonds is 5. The maximum absolute atomic E-state index is 4.32. The van der Waals surface area contributed by atoms with Crippen LogP contribution in [-0.4, -0.2) is 52.4 Å². The number of nitrogens with one attached hydrogen (secondary N) is 1. The van der Waals surface area contributed by atoms with Crippen LogP contribution in [0.25, 0.3) is 0 Å². The minimum atomic E-state index is 0.399. The fourth-order valence-electron chi connectivity index (χ4n) is 2.43. The Balaban J connectivity index is 2.13. The maximum atomic E-state index is 4.32. The number of aryl methyl sites for hydroxylation is 1. The molecule has 1 aliphatic rings. The molecule has 0 saturated carbocycles. The molecule has 2 heterocycles. The summed E-state index contributed by atoms with van der Waals surface area (Å²) in [5.74, 6) is 2.45. The number of aromatic nitrogens is 2. The molecule has 1 N–H and O–H groups in total. The minimum Gasteiger partial charge on any atom is -0.309 e.